The molecule has 5 nitrogen and oxygen atoms in total. The number of amides is 2. The van der Waals surface area contributed by atoms with Gasteiger partial charge in [0.05, 0.1) is 18.6 Å². The summed E-state index contributed by atoms with van der Waals surface area (Å²) in [7, 11) is 0. The predicted octanol–water partition coefficient (Wildman–Crippen LogP) is 4.60. The maximum Gasteiger partial charge on any atom is 0.411 e. The van der Waals surface area contributed by atoms with E-state index in [0.717, 1.165) is 11.1 Å². The molecule has 0 aliphatic carbocycles. The molecule has 3 rings (SSSR count). The summed E-state index contributed by atoms with van der Waals surface area (Å²) in [6, 6.07) is 19.2. The Hall–Kier alpha value is -2.82. The molecule has 0 N–H and O–H groups in total. The molecule has 0 spiro atoms. The van der Waals surface area contributed by atoms with Gasteiger partial charge in [-0.15, -0.1) is 0 Å². The predicted molar refractivity (Wildman–Crippen MR) is 108 cm³/mol. The zero-order valence-electron chi connectivity index (χ0n) is 16.7. The summed E-state index contributed by atoms with van der Waals surface area (Å²) in [6.07, 6.45) is 0.335. The number of benzene rings is 2. The van der Waals surface area contributed by atoms with Crippen LogP contribution in [0.15, 0.2) is 60.7 Å². The average molecular weight is 380 g/mol. The highest BCUT2D eigenvalue weighted by Crippen LogP contribution is 2.30. The molecule has 1 aliphatic rings. The Kier molecular flexibility index (Phi) is 6.34. The monoisotopic (exact) mass is 380 g/mol. The molecular weight excluding hydrogens is 352 g/mol. The molecular formula is C23H28N2O3. The van der Waals surface area contributed by atoms with Gasteiger partial charge in [-0.1, -0.05) is 74.5 Å². The van der Waals surface area contributed by atoms with Crippen molar-refractivity contribution in [2.24, 2.45) is 5.92 Å². The van der Waals surface area contributed by atoms with Crippen LogP contribution in [0.4, 0.5) is 4.79 Å². The van der Waals surface area contributed by atoms with Crippen LogP contribution >= 0.6 is 0 Å². The molecule has 1 aliphatic heterocycles. The van der Waals surface area contributed by atoms with E-state index in [0.29, 0.717) is 6.42 Å². The minimum atomic E-state index is -0.375. The maximum absolute atomic E-state index is 13.0. The SMILES string of the molecule is CC[C@@H]1[C@H](C)C(=O)N([C@@H](C)c2ccccc2)CN1C(=O)OCc1ccccc1. The van der Waals surface area contributed by atoms with E-state index in [9.17, 15) is 9.59 Å². The Morgan fingerprint density at radius 1 is 1.11 bits per heavy atom. The van der Waals surface area contributed by atoms with E-state index in [-0.39, 0.29) is 43.3 Å². The Morgan fingerprint density at radius 3 is 2.32 bits per heavy atom. The van der Waals surface area contributed by atoms with E-state index in [4.69, 9.17) is 4.74 Å². The Bertz CT molecular complexity index is 794. The Morgan fingerprint density at radius 2 is 1.71 bits per heavy atom. The van der Waals surface area contributed by atoms with Crippen LogP contribution < -0.4 is 0 Å². The normalized spacial score (nSPS) is 20.8. The first-order valence-corrected chi connectivity index (χ1v) is 9.85. The smallest absolute Gasteiger partial charge is 0.411 e. The lowest BCUT2D eigenvalue weighted by atomic mass is 9.93. The molecule has 0 radical (unpaired) electrons. The minimum absolute atomic E-state index is 0.0790. The summed E-state index contributed by atoms with van der Waals surface area (Å²) in [6.45, 7) is 6.37. The third-order valence-electron chi connectivity index (χ3n) is 5.56. The number of carbonyl (C=O) groups is 2. The van der Waals surface area contributed by atoms with Crippen molar-refractivity contribution in [3.63, 3.8) is 0 Å². The van der Waals surface area contributed by atoms with E-state index in [1.165, 1.54) is 0 Å². The molecule has 0 unspecified atom stereocenters. The molecule has 148 valence electrons. The van der Waals surface area contributed by atoms with E-state index in [2.05, 4.69) is 0 Å². The van der Waals surface area contributed by atoms with E-state index in [1.54, 1.807) is 9.80 Å². The molecule has 0 saturated carbocycles. The van der Waals surface area contributed by atoms with Crippen LogP contribution in [0.5, 0.6) is 0 Å². The lowest BCUT2D eigenvalue weighted by Crippen LogP contribution is -2.60. The number of nitrogens with zero attached hydrogens (tertiary/aromatic N) is 2. The molecule has 2 aromatic rings. The summed E-state index contributed by atoms with van der Waals surface area (Å²) >= 11 is 0. The van der Waals surface area contributed by atoms with E-state index >= 15 is 0 Å². The first-order chi connectivity index (χ1) is 13.5. The van der Waals surface area contributed by atoms with Crippen LogP contribution in [0.1, 0.15) is 44.4 Å². The first-order valence-electron chi connectivity index (χ1n) is 9.85. The lowest BCUT2D eigenvalue weighted by Gasteiger charge is -2.46. The van der Waals surface area contributed by atoms with Gasteiger partial charge >= 0.3 is 6.09 Å². The minimum Gasteiger partial charge on any atom is -0.444 e. The topological polar surface area (TPSA) is 49.9 Å². The molecule has 1 fully saturated rings. The van der Waals surface area contributed by atoms with Gasteiger partial charge in [0, 0.05) is 6.04 Å². The van der Waals surface area contributed by atoms with Crippen LogP contribution in [0, 0.1) is 5.92 Å². The number of ether oxygens (including phenoxy) is 1. The average Bonchev–Trinajstić information content (AvgIpc) is 2.74. The van der Waals surface area contributed by atoms with Crippen molar-refractivity contribution in [2.75, 3.05) is 6.67 Å². The number of rotatable bonds is 5. The second kappa shape index (κ2) is 8.91. The van der Waals surface area contributed by atoms with Gasteiger partial charge in [0.1, 0.15) is 6.61 Å². The molecule has 3 atom stereocenters. The molecule has 5 heteroatoms. The van der Waals surface area contributed by atoms with Gasteiger partial charge in [0.2, 0.25) is 5.91 Å². The highest BCUT2D eigenvalue weighted by atomic mass is 16.6. The molecule has 28 heavy (non-hydrogen) atoms. The first kappa shape index (κ1) is 19.9. The van der Waals surface area contributed by atoms with Crippen LogP contribution in [0.2, 0.25) is 0 Å². The van der Waals surface area contributed by atoms with Gasteiger partial charge < -0.3 is 9.64 Å². The summed E-state index contributed by atoms with van der Waals surface area (Å²) in [5.41, 5.74) is 2.00. The van der Waals surface area contributed by atoms with Crippen molar-refractivity contribution < 1.29 is 14.3 Å². The van der Waals surface area contributed by atoms with Crippen molar-refractivity contribution in [1.29, 1.82) is 0 Å². The summed E-state index contributed by atoms with van der Waals surface area (Å²) in [5.74, 6) is -0.190. The van der Waals surface area contributed by atoms with Crippen LogP contribution in [-0.4, -0.2) is 34.5 Å². The van der Waals surface area contributed by atoms with E-state index < -0.39 is 0 Å². The van der Waals surface area contributed by atoms with Crippen molar-refractivity contribution in [1.82, 2.24) is 9.80 Å². The van der Waals surface area contributed by atoms with Crippen molar-refractivity contribution >= 4 is 12.0 Å². The summed E-state index contributed by atoms with van der Waals surface area (Å²) < 4.78 is 5.57. The molecule has 1 heterocycles. The Labute approximate surface area is 166 Å². The fraction of sp³-hybridized carbons (Fsp3) is 0.391. The molecule has 0 aromatic heterocycles. The number of hydrogen-bond acceptors (Lipinski definition) is 3. The van der Waals surface area contributed by atoms with Crippen molar-refractivity contribution in [2.45, 2.75) is 45.9 Å². The fourth-order valence-electron chi connectivity index (χ4n) is 3.83. The Balaban J connectivity index is 1.76. The quantitative estimate of drug-likeness (QED) is 0.762. The summed E-state index contributed by atoms with van der Waals surface area (Å²) in [4.78, 5) is 29.3. The highest BCUT2D eigenvalue weighted by molar-refractivity contribution is 5.82. The molecule has 2 amide bonds. The highest BCUT2D eigenvalue weighted by Gasteiger charge is 2.42. The number of carbonyl (C=O) groups excluding carboxylic acids is 2. The van der Waals surface area contributed by atoms with Gasteiger partial charge in [-0.3, -0.25) is 9.69 Å². The second-order valence-corrected chi connectivity index (χ2v) is 7.31. The van der Waals surface area contributed by atoms with Crippen molar-refractivity contribution in [3.8, 4) is 0 Å². The second-order valence-electron chi connectivity index (χ2n) is 7.31. The van der Waals surface area contributed by atoms with Crippen LogP contribution in [0.3, 0.4) is 0 Å². The molecule has 1 saturated heterocycles. The van der Waals surface area contributed by atoms with Gasteiger partial charge in [0.15, 0.2) is 0 Å². The van der Waals surface area contributed by atoms with Gasteiger partial charge in [-0.2, -0.15) is 0 Å². The van der Waals surface area contributed by atoms with Crippen LogP contribution in [-0.2, 0) is 16.1 Å². The van der Waals surface area contributed by atoms with Gasteiger partial charge in [-0.05, 0) is 24.5 Å². The summed E-state index contributed by atoms with van der Waals surface area (Å²) in [5, 5.41) is 0. The third-order valence-corrected chi connectivity index (χ3v) is 5.56. The van der Waals surface area contributed by atoms with Crippen LogP contribution in [0.25, 0.3) is 0 Å². The third kappa shape index (κ3) is 4.19. The molecule has 0 bridgehead atoms. The maximum atomic E-state index is 13.0. The van der Waals surface area contributed by atoms with Crippen molar-refractivity contribution in [3.05, 3.63) is 71.8 Å². The standard InChI is InChI=1S/C23H28N2O3/c1-4-21-17(2)22(26)24(18(3)20-13-9-6-10-14-20)16-25(21)23(27)28-15-19-11-7-5-8-12-19/h5-14,17-18,21H,4,15-16H2,1-3H3/t17-,18-,21+/m0/s1. The lowest BCUT2D eigenvalue weighted by molar-refractivity contribution is -0.149. The van der Waals surface area contributed by atoms with Gasteiger partial charge in [-0.25, -0.2) is 4.79 Å². The fourth-order valence-corrected chi connectivity index (χ4v) is 3.83. The number of hydrogen-bond donors (Lipinski definition) is 0. The zero-order chi connectivity index (χ0) is 20.1. The molecule has 2 aromatic carbocycles. The largest absolute Gasteiger partial charge is 0.444 e. The zero-order valence-corrected chi connectivity index (χ0v) is 16.7. The van der Waals surface area contributed by atoms with E-state index in [1.807, 2.05) is 81.4 Å². The van der Waals surface area contributed by atoms with Gasteiger partial charge in [0.25, 0.3) is 0 Å².